The average Bonchev–Trinajstić information content (AvgIpc) is 2.61. The highest BCUT2D eigenvalue weighted by Gasteiger charge is 2.24. The number of aryl methyl sites for hydroxylation is 1. The van der Waals surface area contributed by atoms with Gasteiger partial charge in [0.1, 0.15) is 5.82 Å². The fourth-order valence-electron chi connectivity index (χ4n) is 2.95. The summed E-state index contributed by atoms with van der Waals surface area (Å²) in [4.78, 5) is 18.3. The van der Waals surface area contributed by atoms with Gasteiger partial charge < -0.3 is 9.64 Å². The standard InChI is InChI=1S/C19H21FN2O2/c20-17-5-1-3-16(11-17)12-18-14-22(9-10-24-18)19(23)7-6-15-4-2-8-21-13-15/h1-5,8,11,13,18H,6-7,9-10,12,14H2. The monoisotopic (exact) mass is 328 g/mol. The number of hydrogen-bond donors (Lipinski definition) is 0. The van der Waals surface area contributed by atoms with Crippen LogP contribution in [0.15, 0.2) is 48.8 Å². The van der Waals surface area contributed by atoms with Crippen LogP contribution >= 0.6 is 0 Å². The summed E-state index contributed by atoms with van der Waals surface area (Å²) in [6.07, 6.45) is 5.22. The number of rotatable bonds is 5. The van der Waals surface area contributed by atoms with Gasteiger partial charge in [0.2, 0.25) is 5.91 Å². The molecule has 1 aliphatic heterocycles. The zero-order valence-corrected chi connectivity index (χ0v) is 13.5. The van der Waals surface area contributed by atoms with E-state index in [2.05, 4.69) is 4.98 Å². The fourth-order valence-corrected chi connectivity index (χ4v) is 2.95. The summed E-state index contributed by atoms with van der Waals surface area (Å²) < 4.78 is 19.0. The molecule has 0 saturated carbocycles. The lowest BCUT2D eigenvalue weighted by Crippen LogP contribution is -2.46. The first-order valence-electron chi connectivity index (χ1n) is 8.23. The number of carbonyl (C=O) groups is 1. The fraction of sp³-hybridized carbons (Fsp3) is 0.368. The van der Waals surface area contributed by atoms with Crippen molar-refractivity contribution in [2.45, 2.75) is 25.4 Å². The molecule has 4 nitrogen and oxygen atoms in total. The molecular formula is C19H21FN2O2. The summed E-state index contributed by atoms with van der Waals surface area (Å²) in [7, 11) is 0. The minimum atomic E-state index is -0.243. The van der Waals surface area contributed by atoms with Gasteiger partial charge in [-0.3, -0.25) is 9.78 Å². The first-order chi connectivity index (χ1) is 11.7. The Hall–Kier alpha value is -2.27. The first kappa shape index (κ1) is 16.6. The van der Waals surface area contributed by atoms with Crippen LogP contribution in [0.1, 0.15) is 17.5 Å². The zero-order chi connectivity index (χ0) is 16.8. The van der Waals surface area contributed by atoms with Crippen molar-refractivity contribution in [1.29, 1.82) is 0 Å². The van der Waals surface area contributed by atoms with Crippen molar-refractivity contribution in [2.75, 3.05) is 19.7 Å². The van der Waals surface area contributed by atoms with E-state index in [1.165, 1.54) is 12.1 Å². The van der Waals surface area contributed by atoms with E-state index in [9.17, 15) is 9.18 Å². The van der Waals surface area contributed by atoms with Crippen LogP contribution in [0.4, 0.5) is 4.39 Å². The van der Waals surface area contributed by atoms with Gasteiger partial charge in [0, 0.05) is 38.3 Å². The number of pyridine rings is 1. The number of morpholine rings is 1. The second-order valence-corrected chi connectivity index (χ2v) is 6.03. The maximum Gasteiger partial charge on any atom is 0.223 e. The highest BCUT2D eigenvalue weighted by atomic mass is 19.1. The maximum absolute atomic E-state index is 13.3. The largest absolute Gasteiger partial charge is 0.374 e. The van der Waals surface area contributed by atoms with E-state index in [-0.39, 0.29) is 17.8 Å². The number of carbonyl (C=O) groups excluding carboxylic acids is 1. The Morgan fingerprint density at radius 1 is 1.29 bits per heavy atom. The van der Waals surface area contributed by atoms with E-state index < -0.39 is 0 Å². The lowest BCUT2D eigenvalue weighted by Gasteiger charge is -2.33. The minimum absolute atomic E-state index is 0.0807. The van der Waals surface area contributed by atoms with Crippen LogP contribution in [0.25, 0.3) is 0 Å². The summed E-state index contributed by atoms with van der Waals surface area (Å²) in [5.74, 6) is -0.112. The van der Waals surface area contributed by atoms with Crippen LogP contribution in [0.2, 0.25) is 0 Å². The molecule has 0 spiro atoms. The van der Waals surface area contributed by atoms with Crippen molar-refractivity contribution in [3.8, 4) is 0 Å². The number of benzene rings is 1. The predicted octanol–water partition coefficient (Wildman–Crippen LogP) is 2.62. The van der Waals surface area contributed by atoms with Gasteiger partial charge in [0.05, 0.1) is 12.7 Å². The van der Waals surface area contributed by atoms with Gasteiger partial charge in [-0.15, -0.1) is 0 Å². The molecule has 0 aliphatic carbocycles. The van der Waals surface area contributed by atoms with Gasteiger partial charge in [0.15, 0.2) is 0 Å². The normalized spacial score (nSPS) is 17.7. The number of aromatic nitrogens is 1. The average molecular weight is 328 g/mol. The van der Waals surface area contributed by atoms with Crippen molar-refractivity contribution in [3.05, 3.63) is 65.7 Å². The Labute approximate surface area is 141 Å². The summed E-state index contributed by atoms with van der Waals surface area (Å²) in [6, 6.07) is 10.4. The molecule has 1 aromatic carbocycles. The molecule has 1 amide bonds. The Morgan fingerprint density at radius 3 is 2.96 bits per heavy atom. The molecule has 5 heteroatoms. The van der Waals surface area contributed by atoms with Crippen molar-refractivity contribution in [3.63, 3.8) is 0 Å². The summed E-state index contributed by atoms with van der Waals surface area (Å²) >= 11 is 0. The third kappa shape index (κ3) is 4.61. The van der Waals surface area contributed by atoms with Crippen LogP contribution in [-0.4, -0.2) is 41.6 Å². The van der Waals surface area contributed by atoms with Gasteiger partial charge in [0.25, 0.3) is 0 Å². The molecule has 1 fully saturated rings. The van der Waals surface area contributed by atoms with E-state index in [0.29, 0.717) is 39.0 Å². The number of hydrogen-bond acceptors (Lipinski definition) is 3. The lowest BCUT2D eigenvalue weighted by atomic mass is 10.1. The molecule has 1 aliphatic rings. The Bertz CT molecular complexity index is 678. The molecule has 2 heterocycles. The van der Waals surface area contributed by atoms with E-state index in [4.69, 9.17) is 4.74 Å². The molecule has 1 aromatic heterocycles. The highest BCUT2D eigenvalue weighted by molar-refractivity contribution is 5.76. The Morgan fingerprint density at radius 2 is 2.17 bits per heavy atom. The predicted molar refractivity (Wildman–Crippen MR) is 89.0 cm³/mol. The van der Waals surface area contributed by atoms with Crippen molar-refractivity contribution in [1.82, 2.24) is 9.88 Å². The van der Waals surface area contributed by atoms with Gasteiger partial charge in [-0.1, -0.05) is 18.2 Å². The smallest absolute Gasteiger partial charge is 0.223 e. The summed E-state index contributed by atoms with van der Waals surface area (Å²) in [6.45, 7) is 1.70. The van der Waals surface area contributed by atoms with Crippen molar-refractivity contribution >= 4 is 5.91 Å². The Kier molecular flexibility index (Phi) is 5.54. The molecule has 1 saturated heterocycles. The van der Waals surface area contributed by atoms with Crippen LogP contribution in [0.5, 0.6) is 0 Å². The zero-order valence-electron chi connectivity index (χ0n) is 13.5. The molecule has 0 radical (unpaired) electrons. The quantitative estimate of drug-likeness (QED) is 0.847. The molecule has 0 bridgehead atoms. The van der Waals surface area contributed by atoms with Gasteiger partial charge >= 0.3 is 0 Å². The number of amides is 1. The molecule has 1 atom stereocenters. The van der Waals surface area contributed by atoms with Crippen molar-refractivity contribution < 1.29 is 13.9 Å². The second-order valence-electron chi connectivity index (χ2n) is 6.03. The van der Waals surface area contributed by atoms with Crippen LogP contribution < -0.4 is 0 Å². The molecule has 126 valence electrons. The third-order valence-corrected chi connectivity index (χ3v) is 4.19. The second kappa shape index (κ2) is 8.02. The molecule has 1 unspecified atom stereocenters. The highest BCUT2D eigenvalue weighted by Crippen LogP contribution is 2.14. The molecular weight excluding hydrogens is 307 g/mol. The Balaban J connectivity index is 1.52. The van der Waals surface area contributed by atoms with Gasteiger partial charge in [-0.2, -0.15) is 0 Å². The number of halogens is 1. The SMILES string of the molecule is O=C(CCc1cccnc1)N1CCOC(Cc2cccc(F)c2)C1. The van der Waals surface area contributed by atoms with Crippen LogP contribution in [-0.2, 0) is 22.4 Å². The third-order valence-electron chi connectivity index (χ3n) is 4.19. The lowest BCUT2D eigenvalue weighted by molar-refractivity contribution is -0.138. The van der Waals surface area contributed by atoms with Crippen molar-refractivity contribution in [2.24, 2.45) is 0 Å². The van der Waals surface area contributed by atoms with Crippen LogP contribution in [0.3, 0.4) is 0 Å². The number of ether oxygens (including phenoxy) is 1. The van der Waals surface area contributed by atoms with E-state index in [0.717, 1.165) is 11.1 Å². The van der Waals surface area contributed by atoms with Crippen LogP contribution in [0, 0.1) is 5.82 Å². The summed E-state index contributed by atoms with van der Waals surface area (Å²) in [5.41, 5.74) is 1.96. The van der Waals surface area contributed by atoms with E-state index >= 15 is 0 Å². The summed E-state index contributed by atoms with van der Waals surface area (Å²) in [5, 5.41) is 0. The molecule has 24 heavy (non-hydrogen) atoms. The topological polar surface area (TPSA) is 42.4 Å². The van der Waals surface area contributed by atoms with E-state index in [1.54, 1.807) is 18.5 Å². The van der Waals surface area contributed by atoms with E-state index in [1.807, 2.05) is 23.1 Å². The molecule has 2 aromatic rings. The maximum atomic E-state index is 13.3. The number of nitrogens with zero attached hydrogens (tertiary/aromatic N) is 2. The van der Waals surface area contributed by atoms with Gasteiger partial charge in [-0.05, 0) is 35.7 Å². The minimum Gasteiger partial charge on any atom is -0.374 e. The first-order valence-corrected chi connectivity index (χ1v) is 8.23. The molecule has 0 N–H and O–H groups in total. The molecule has 3 rings (SSSR count). The van der Waals surface area contributed by atoms with Gasteiger partial charge in [-0.25, -0.2) is 4.39 Å².